The highest BCUT2D eigenvalue weighted by Gasteiger charge is 2.49. The second-order valence-electron chi connectivity index (χ2n) is 3.58. The second kappa shape index (κ2) is 3.47. The molecule has 5 atom stereocenters. The van der Waals surface area contributed by atoms with Crippen molar-refractivity contribution in [1.29, 1.82) is 0 Å². The van der Waals surface area contributed by atoms with Crippen LogP contribution in [0.5, 0.6) is 0 Å². The van der Waals surface area contributed by atoms with E-state index in [1.165, 1.54) is 6.92 Å². The van der Waals surface area contributed by atoms with Gasteiger partial charge >= 0.3 is 0 Å². The van der Waals surface area contributed by atoms with Crippen molar-refractivity contribution in [3.05, 3.63) is 0 Å². The summed E-state index contributed by atoms with van der Waals surface area (Å²) in [4.78, 5) is 10.8. The van der Waals surface area contributed by atoms with Crippen molar-refractivity contribution < 1.29 is 24.5 Å². The van der Waals surface area contributed by atoms with Crippen LogP contribution in [-0.2, 0) is 14.3 Å². The number of nitrogens with one attached hydrogen (secondary N) is 1. The highest BCUT2D eigenvalue weighted by molar-refractivity contribution is 5.73. The fraction of sp³-hybridized carbons (Fsp3) is 0.875. The Labute approximate surface area is 80.8 Å². The zero-order valence-corrected chi connectivity index (χ0v) is 7.71. The summed E-state index contributed by atoms with van der Waals surface area (Å²) >= 11 is 0. The van der Waals surface area contributed by atoms with E-state index in [0.717, 1.165) is 0 Å². The van der Waals surface area contributed by atoms with E-state index in [-0.39, 0.29) is 12.5 Å². The molecule has 6 heteroatoms. The molecular formula is C8H13NO5. The molecule has 0 aromatic heterocycles. The Kier molecular flexibility index (Phi) is 2.44. The van der Waals surface area contributed by atoms with Crippen LogP contribution in [0.4, 0.5) is 0 Å². The van der Waals surface area contributed by atoms with Gasteiger partial charge in [-0.05, 0) is 0 Å². The summed E-state index contributed by atoms with van der Waals surface area (Å²) in [6.45, 7) is 1.58. The minimum atomic E-state index is -1.02. The molecule has 0 aromatic rings. The molecule has 1 amide bonds. The largest absolute Gasteiger partial charge is 0.388 e. The van der Waals surface area contributed by atoms with Crippen molar-refractivity contribution in [2.45, 2.75) is 37.6 Å². The van der Waals surface area contributed by atoms with Gasteiger partial charge in [-0.2, -0.15) is 0 Å². The predicted molar refractivity (Wildman–Crippen MR) is 44.2 cm³/mol. The Morgan fingerprint density at radius 1 is 1.43 bits per heavy atom. The lowest BCUT2D eigenvalue weighted by molar-refractivity contribution is -0.195. The van der Waals surface area contributed by atoms with Crippen LogP contribution in [0.2, 0.25) is 0 Å². The van der Waals surface area contributed by atoms with Gasteiger partial charge in [0, 0.05) is 6.92 Å². The molecule has 2 bridgehead atoms. The van der Waals surface area contributed by atoms with Crippen LogP contribution in [0.1, 0.15) is 6.92 Å². The van der Waals surface area contributed by atoms with Gasteiger partial charge < -0.3 is 25.0 Å². The summed E-state index contributed by atoms with van der Waals surface area (Å²) < 4.78 is 10.2. The van der Waals surface area contributed by atoms with E-state index < -0.39 is 30.6 Å². The standard InChI is InChI=1S/C8H13NO5/c1-3(10)9-5-6(11)4-2-13-8(14-4)7(5)12/h4-8,11-12H,2H2,1H3,(H,9,10)/t4-,5-,6+,7-,8-/m1/s1. The van der Waals surface area contributed by atoms with Crippen LogP contribution >= 0.6 is 0 Å². The normalized spacial score (nSPS) is 46.4. The van der Waals surface area contributed by atoms with Crippen LogP contribution in [-0.4, -0.2) is 53.4 Å². The molecule has 2 aliphatic heterocycles. The van der Waals surface area contributed by atoms with E-state index in [1.54, 1.807) is 0 Å². The third-order valence-electron chi connectivity index (χ3n) is 2.50. The zero-order chi connectivity index (χ0) is 10.3. The summed E-state index contributed by atoms with van der Waals surface area (Å²) in [5.41, 5.74) is 0. The maximum absolute atomic E-state index is 10.8. The van der Waals surface area contributed by atoms with Crippen molar-refractivity contribution in [3.8, 4) is 0 Å². The Hall–Kier alpha value is -0.690. The highest BCUT2D eigenvalue weighted by Crippen LogP contribution is 2.27. The topological polar surface area (TPSA) is 88.0 Å². The van der Waals surface area contributed by atoms with Crippen molar-refractivity contribution in [2.24, 2.45) is 0 Å². The molecule has 2 aliphatic rings. The third-order valence-corrected chi connectivity index (χ3v) is 2.50. The number of ether oxygens (including phenoxy) is 2. The van der Waals surface area contributed by atoms with Crippen LogP contribution in [0.3, 0.4) is 0 Å². The molecular weight excluding hydrogens is 190 g/mol. The van der Waals surface area contributed by atoms with E-state index in [4.69, 9.17) is 9.47 Å². The van der Waals surface area contributed by atoms with Crippen LogP contribution in [0.15, 0.2) is 0 Å². The van der Waals surface area contributed by atoms with Crippen LogP contribution in [0.25, 0.3) is 0 Å². The minimum Gasteiger partial charge on any atom is -0.388 e. The fourth-order valence-electron chi connectivity index (χ4n) is 1.81. The maximum Gasteiger partial charge on any atom is 0.217 e. The third kappa shape index (κ3) is 1.50. The average Bonchev–Trinajstić information content (AvgIpc) is 2.55. The molecule has 3 N–H and O–H groups in total. The van der Waals surface area contributed by atoms with Gasteiger partial charge in [0.25, 0.3) is 0 Å². The smallest absolute Gasteiger partial charge is 0.217 e. The first kappa shape index (κ1) is 9.85. The van der Waals surface area contributed by atoms with Crippen molar-refractivity contribution in [3.63, 3.8) is 0 Å². The SMILES string of the molecule is CC(=O)N[C@@H]1[C@@H](O)[C@H]2CO[C@H](O2)[C@@H]1O. The van der Waals surface area contributed by atoms with Crippen molar-refractivity contribution in [2.75, 3.05) is 6.61 Å². The number of aliphatic hydroxyl groups is 2. The van der Waals surface area contributed by atoms with E-state index in [9.17, 15) is 15.0 Å². The van der Waals surface area contributed by atoms with E-state index >= 15 is 0 Å². The lowest BCUT2D eigenvalue weighted by Gasteiger charge is -2.35. The summed E-state index contributed by atoms with van der Waals surface area (Å²) in [6, 6.07) is -0.709. The van der Waals surface area contributed by atoms with Gasteiger partial charge in [0.15, 0.2) is 6.29 Å². The first-order valence-electron chi connectivity index (χ1n) is 4.50. The lowest BCUT2D eigenvalue weighted by atomic mass is 9.98. The molecule has 6 nitrogen and oxygen atoms in total. The molecule has 2 heterocycles. The highest BCUT2D eigenvalue weighted by atomic mass is 16.7. The monoisotopic (exact) mass is 203 g/mol. The Balaban J connectivity index is 2.10. The van der Waals surface area contributed by atoms with Gasteiger partial charge in [-0.15, -0.1) is 0 Å². The predicted octanol–water partition coefficient (Wildman–Crippen LogP) is -2.03. The maximum atomic E-state index is 10.8. The van der Waals surface area contributed by atoms with E-state index in [1.807, 2.05) is 0 Å². The number of carbonyl (C=O) groups excluding carboxylic acids is 1. The summed E-state index contributed by atoms with van der Waals surface area (Å²) in [7, 11) is 0. The van der Waals surface area contributed by atoms with Crippen LogP contribution in [0, 0.1) is 0 Å². The number of carbonyl (C=O) groups is 1. The number of hydrogen-bond acceptors (Lipinski definition) is 5. The zero-order valence-electron chi connectivity index (χ0n) is 7.71. The number of amides is 1. The molecule has 14 heavy (non-hydrogen) atoms. The molecule has 0 radical (unpaired) electrons. The van der Waals surface area contributed by atoms with Gasteiger partial charge in [-0.25, -0.2) is 0 Å². The molecule has 0 aliphatic carbocycles. The number of fused-ring (bicyclic) bond motifs is 2. The number of aliphatic hydroxyl groups excluding tert-OH is 2. The Bertz CT molecular complexity index is 230. The van der Waals surface area contributed by atoms with Crippen LogP contribution < -0.4 is 5.32 Å². The van der Waals surface area contributed by atoms with Gasteiger partial charge in [0.05, 0.1) is 12.6 Å². The minimum absolute atomic E-state index is 0.249. The summed E-state index contributed by atoms with van der Waals surface area (Å²) in [5, 5.41) is 21.8. The Morgan fingerprint density at radius 2 is 2.14 bits per heavy atom. The molecule has 2 saturated heterocycles. The van der Waals surface area contributed by atoms with Gasteiger partial charge in [-0.3, -0.25) is 4.79 Å². The molecule has 0 spiro atoms. The summed E-state index contributed by atoms with van der Waals surface area (Å²) in [6.07, 6.45) is -3.14. The molecule has 0 aromatic carbocycles. The van der Waals surface area contributed by atoms with Gasteiger partial charge in [0.1, 0.15) is 18.3 Å². The molecule has 0 unspecified atom stereocenters. The summed E-state index contributed by atoms with van der Waals surface area (Å²) in [5.74, 6) is -0.297. The quantitative estimate of drug-likeness (QED) is 0.457. The molecule has 2 fully saturated rings. The first-order chi connectivity index (χ1) is 6.59. The first-order valence-corrected chi connectivity index (χ1v) is 4.50. The number of rotatable bonds is 1. The van der Waals surface area contributed by atoms with Crippen molar-refractivity contribution >= 4 is 5.91 Å². The second-order valence-corrected chi connectivity index (χ2v) is 3.58. The fourth-order valence-corrected chi connectivity index (χ4v) is 1.81. The van der Waals surface area contributed by atoms with E-state index in [0.29, 0.717) is 0 Å². The van der Waals surface area contributed by atoms with E-state index in [2.05, 4.69) is 5.32 Å². The molecule has 80 valence electrons. The van der Waals surface area contributed by atoms with Gasteiger partial charge in [0.2, 0.25) is 5.91 Å². The molecule has 0 saturated carbocycles. The number of hydrogen-bond donors (Lipinski definition) is 3. The van der Waals surface area contributed by atoms with Crippen molar-refractivity contribution in [1.82, 2.24) is 5.32 Å². The Morgan fingerprint density at radius 3 is 2.79 bits per heavy atom. The average molecular weight is 203 g/mol. The lowest BCUT2D eigenvalue weighted by Crippen LogP contribution is -2.60. The van der Waals surface area contributed by atoms with Gasteiger partial charge in [-0.1, -0.05) is 0 Å². The molecule has 2 rings (SSSR count).